The van der Waals surface area contributed by atoms with Crippen molar-refractivity contribution in [2.75, 3.05) is 14.2 Å². The van der Waals surface area contributed by atoms with Crippen LogP contribution >= 0.6 is 0 Å². The molecule has 0 aromatic heterocycles. The SMILES string of the molecule is COC(=O)[C@H]1C(=O)C[C@@](C)(O)[C@@H](C(=O)OC)[C@H]1c1cccc([N+](=O)[O-])c1. The number of ether oxygens (including phenoxy) is 2. The topological polar surface area (TPSA) is 133 Å². The summed E-state index contributed by atoms with van der Waals surface area (Å²) in [7, 11) is 2.21. The second kappa shape index (κ2) is 7.20. The molecule has 0 saturated heterocycles. The molecule has 1 N–H and O–H groups in total. The molecule has 9 nitrogen and oxygen atoms in total. The van der Waals surface area contributed by atoms with Gasteiger partial charge in [-0.2, -0.15) is 0 Å². The monoisotopic (exact) mass is 365 g/mol. The Morgan fingerprint density at radius 1 is 1.27 bits per heavy atom. The van der Waals surface area contributed by atoms with E-state index >= 15 is 0 Å². The number of nitro benzene ring substituents is 1. The highest BCUT2D eigenvalue weighted by atomic mass is 16.6. The second-order valence-electron chi connectivity index (χ2n) is 6.38. The third kappa shape index (κ3) is 3.43. The molecule has 140 valence electrons. The number of methoxy groups -OCH3 is 2. The minimum atomic E-state index is -1.79. The van der Waals surface area contributed by atoms with Gasteiger partial charge in [0, 0.05) is 24.5 Å². The molecule has 1 aliphatic rings. The van der Waals surface area contributed by atoms with E-state index in [1.807, 2.05) is 0 Å². The quantitative estimate of drug-likeness (QED) is 0.361. The average molecular weight is 365 g/mol. The molecule has 4 atom stereocenters. The summed E-state index contributed by atoms with van der Waals surface area (Å²) in [5.41, 5.74) is -1.87. The Labute approximate surface area is 149 Å². The number of benzene rings is 1. The fourth-order valence-corrected chi connectivity index (χ4v) is 3.52. The highest BCUT2D eigenvalue weighted by Crippen LogP contribution is 2.47. The molecule has 0 spiro atoms. The normalized spacial score (nSPS) is 28.3. The number of esters is 2. The lowest BCUT2D eigenvalue weighted by Gasteiger charge is -2.43. The van der Waals surface area contributed by atoms with Gasteiger partial charge in [0.15, 0.2) is 5.78 Å². The molecule has 26 heavy (non-hydrogen) atoms. The number of carbonyl (C=O) groups is 3. The summed E-state index contributed by atoms with van der Waals surface area (Å²) in [6.07, 6.45) is -0.446. The first-order chi connectivity index (χ1) is 12.1. The molecule has 1 saturated carbocycles. The predicted molar refractivity (Wildman–Crippen MR) is 87.1 cm³/mol. The van der Waals surface area contributed by atoms with Crippen LogP contribution in [0.2, 0.25) is 0 Å². The van der Waals surface area contributed by atoms with Gasteiger partial charge in [-0.15, -0.1) is 0 Å². The Hall–Kier alpha value is -2.81. The highest BCUT2D eigenvalue weighted by Gasteiger charge is 2.57. The predicted octanol–water partition coefficient (Wildman–Crippen LogP) is 0.981. The van der Waals surface area contributed by atoms with Gasteiger partial charge in [0.05, 0.1) is 30.7 Å². The Kier molecular flexibility index (Phi) is 5.41. The van der Waals surface area contributed by atoms with E-state index in [0.717, 1.165) is 14.2 Å². The van der Waals surface area contributed by atoms with E-state index in [1.165, 1.54) is 31.2 Å². The van der Waals surface area contributed by atoms with Gasteiger partial charge < -0.3 is 14.6 Å². The number of nitro groups is 1. The Morgan fingerprint density at radius 2 is 1.88 bits per heavy atom. The smallest absolute Gasteiger partial charge is 0.316 e. The van der Waals surface area contributed by atoms with Crippen molar-refractivity contribution in [3.63, 3.8) is 0 Å². The summed E-state index contributed by atoms with van der Waals surface area (Å²) in [6, 6.07) is 5.25. The van der Waals surface area contributed by atoms with Crippen LogP contribution in [0.5, 0.6) is 0 Å². The first-order valence-corrected chi connectivity index (χ1v) is 7.79. The van der Waals surface area contributed by atoms with Crippen LogP contribution in [0.4, 0.5) is 5.69 Å². The molecule has 0 radical (unpaired) electrons. The van der Waals surface area contributed by atoms with Crippen LogP contribution in [0.25, 0.3) is 0 Å². The van der Waals surface area contributed by atoms with Crippen molar-refractivity contribution in [3.05, 3.63) is 39.9 Å². The molecule has 1 aliphatic carbocycles. The first kappa shape index (κ1) is 19.5. The third-order valence-electron chi connectivity index (χ3n) is 4.64. The van der Waals surface area contributed by atoms with Crippen LogP contribution in [-0.2, 0) is 23.9 Å². The molecular formula is C17H19NO8. The summed E-state index contributed by atoms with van der Waals surface area (Å²) < 4.78 is 9.45. The van der Waals surface area contributed by atoms with Gasteiger partial charge in [0.2, 0.25) is 0 Å². The summed E-state index contributed by atoms with van der Waals surface area (Å²) in [6.45, 7) is 1.30. The molecule has 1 fully saturated rings. The first-order valence-electron chi connectivity index (χ1n) is 7.79. The fourth-order valence-electron chi connectivity index (χ4n) is 3.52. The van der Waals surface area contributed by atoms with Crippen LogP contribution in [0, 0.1) is 22.0 Å². The maximum atomic E-state index is 12.5. The average Bonchev–Trinajstić information content (AvgIpc) is 2.59. The zero-order valence-corrected chi connectivity index (χ0v) is 14.5. The van der Waals surface area contributed by atoms with Crippen LogP contribution in [0.3, 0.4) is 0 Å². The van der Waals surface area contributed by atoms with Crippen molar-refractivity contribution in [1.82, 2.24) is 0 Å². The number of ketones is 1. The zero-order chi connectivity index (χ0) is 19.6. The molecule has 0 heterocycles. The van der Waals surface area contributed by atoms with Crippen molar-refractivity contribution in [2.45, 2.75) is 24.9 Å². The van der Waals surface area contributed by atoms with Crippen molar-refractivity contribution in [3.8, 4) is 0 Å². The third-order valence-corrected chi connectivity index (χ3v) is 4.64. The van der Waals surface area contributed by atoms with E-state index in [1.54, 1.807) is 0 Å². The number of non-ortho nitro benzene ring substituents is 1. The van der Waals surface area contributed by atoms with E-state index in [0.29, 0.717) is 0 Å². The largest absolute Gasteiger partial charge is 0.469 e. The van der Waals surface area contributed by atoms with E-state index in [-0.39, 0.29) is 11.3 Å². The number of rotatable bonds is 4. The van der Waals surface area contributed by atoms with Gasteiger partial charge in [-0.25, -0.2) is 0 Å². The molecule has 0 aliphatic heterocycles. The number of carbonyl (C=O) groups excluding carboxylic acids is 3. The Morgan fingerprint density at radius 3 is 2.42 bits per heavy atom. The van der Waals surface area contributed by atoms with Crippen molar-refractivity contribution in [1.29, 1.82) is 0 Å². The fraction of sp³-hybridized carbons (Fsp3) is 0.471. The van der Waals surface area contributed by atoms with Crippen LogP contribution in [-0.4, -0.2) is 47.6 Å². The highest BCUT2D eigenvalue weighted by molar-refractivity contribution is 6.02. The maximum absolute atomic E-state index is 12.5. The number of hydrogen-bond donors (Lipinski definition) is 1. The molecule has 0 amide bonds. The van der Waals surface area contributed by atoms with E-state index in [4.69, 9.17) is 9.47 Å². The van der Waals surface area contributed by atoms with E-state index < -0.39 is 52.4 Å². The van der Waals surface area contributed by atoms with Gasteiger partial charge in [-0.05, 0) is 12.5 Å². The number of nitrogens with zero attached hydrogens (tertiary/aromatic N) is 1. The van der Waals surface area contributed by atoms with E-state index in [9.17, 15) is 29.6 Å². The lowest BCUT2D eigenvalue weighted by molar-refractivity contribution is -0.385. The van der Waals surface area contributed by atoms with Gasteiger partial charge in [-0.1, -0.05) is 12.1 Å². The molecule has 1 aromatic carbocycles. The lowest BCUT2D eigenvalue weighted by atomic mass is 9.61. The van der Waals surface area contributed by atoms with Gasteiger partial charge in [0.1, 0.15) is 5.92 Å². The maximum Gasteiger partial charge on any atom is 0.316 e. The summed E-state index contributed by atoms with van der Waals surface area (Å²) >= 11 is 0. The number of hydrogen-bond acceptors (Lipinski definition) is 8. The molecular weight excluding hydrogens is 346 g/mol. The van der Waals surface area contributed by atoms with Crippen LogP contribution in [0.15, 0.2) is 24.3 Å². The molecule has 0 bridgehead atoms. The minimum Gasteiger partial charge on any atom is -0.469 e. The molecule has 2 rings (SSSR count). The second-order valence-corrected chi connectivity index (χ2v) is 6.38. The van der Waals surface area contributed by atoms with Gasteiger partial charge in [-0.3, -0.25) is 24.5 Å². The zero-order valence-electron chi connectivity index (χ0n) is 14.5. The molecule has 9 heteroatoms. The number of Topliss-reactive ketones (excluding diaryl/α,β-unsaturated/α-hetero) is 1. The lowest BCUT2D eigenvalue weighted by Crippen LogP contribution is -2.55. The summed E-state index contributed by atoms with van der Waals surface area (Å²) in [4.78, 5) is 47.6. The Bertz CT molecular complexity index is 757. The van der Waals surface area contributed by atoms with Gasteiger partial charge >= 0.3 is 11.9 Å². The van der Waals surface area contributed by atoms with Gasteiger partial charge in [0.25, 0.3) is 5.69 Å². The minimum absolute atomic E-state index is 0.193. The van der Waals surface area contributed by atoms with Crippen LogP contribution in [0.1, 0.15) is 24.8 Å². The summed E-state index contributed by atoms with van der Waals surface area (Å²) in [5, 5.41) is 21.8. The molecule has 0 unspecified atom stereocenters. The van der Waals surface area contributed by atoms with Crippen LogP contribution < -0.4 is 0 Å². The van der Waals surface area contributed by atoms with Crippen molar-refractivity contribution >= 4 is 23.4 Å². The van der Waals surface area contributed by atoms with E-state index in [2.05, 4.69) is 0 Å². The summed E-state index contributed by atoms with van der Waals surface area (Å²) in [5.74, 6) is -6.14. The molecule has 1 aromatic rings. The number of aliphatic hydroxyl groups is 1. The van der Waals surface area contributed by atoms with Crippen molar-refractivity contribution in [2.24, 2.45) is 11.8 Å². The van der Waals surface area contributed by atoms with Crippen molar-refractivity contribution < 1.29 is 33.9 Å². The standard InChI is InChI=1S/C17H19NO8/c1-17(22)8-11(19)13(15(20)25-2)12(14(17)16(21)26-3)9-5-4-6-10(7-9)18(23)24/h4-7,12-14,22H,8H2,1-3H3/t12-,13-,14+,17+/m0/s1. The Balaban J connectivity index is 2.69.